The first-order chi connectivity index (χ1) is 12.0. The van der Waals surface area contributed by atoms with Crippen molar-refractivity contribution in [2.24, 2.45) is 0 Å². The van der Waals surface area contributed by atoms with E-state index in [9.17, 15) is 9.59 Å². The first-order valence-electron chi connectivity index (χ1n) is 7.91. The van der Waals surface area contributed by atoms with Gasteiger partial charge in [0.1, 0.15) is 0 Å². The molecule has 2 aromatic carbocycles. The summed E-state index contributed by atoms with van der Waals surface area (Å²) in [5.41, 5.74) is 7.24. The number of hydrogen-bond acceptors (Lipinski definition) is 4. The van der Waals surface area contributed by atoms with Crippen molar-refractivity contribution in [2.45, 2.75) is 19.8 Å². The van der Waals surface area contributed by atoms with E-state index in [2.05, 4.69) is 10.9 Å². The van der Waals surface area contributed by atoms with Crippen molar-refractivity contribution >= 4 is 11.8 Å². The molecule has 0 fully saturated rings. The molecule has 0 atom stereocenters. The van der Waals surface area contributed by atoms with Gasteiger partial charge in [0.25, 0.3) is 5.91 Å². The fourth-order valence-corrected chi connectivity index (χ4v) is 2.36. The SMILES string of the molecule is COc1cccc(CCC(=O)NNC(=O)c2ccc(C)cc2)c1OC. The highest BCUT2D eigenvalue weighted by atomic mass is 16.5. The fourth-order valence-electron chi connectivity index (χ4n) is 2.36. The summed E-state index contributed by atoms with van der Waals surface area (Å²) in [6.07, 6.45) is 0.671. The molecule has 0 aliphatic rings. The van der Waals surface area contributed by atoms with E-state index >= 15 is 0 Å². The van der Waals surface area contributed by atoms with Crippen LogP contribution in [-0.2, 0) is 11.2 Å². The number of methoxy groups -OCH3 is 2. The molecule has 0 saturated carbocycles. The zero-order valence-corrected chi connectivity index (χ0v) is 14.6. The standard InChI is InChI=1S/C19H22N2O4/c1-13-7-9-15(10-8-13)19(23)21-20-17(22)12-11-14-5-4-6-16(24-2)18(14)25-3/h4-10H,11-12H2,1-3H3,(H,20,22)(H,21,23). The van der Waals surface area contributed by atoms with Crippen molar-refractivity contribution < 1.29 is 19.1 Å². The summed E-state index contributed by atoms with van der Waals surface area (Å²) < 4.78 is 10.6. The zero-order chi connectivity index (χ0) is 18.2. The molecular formula is C19H22N2O4. The van der Waals surface area contributed by atoms with Crippen molar-refractivity contribution in [3.8, 4) is 11.5 Å². The third kappa shape index (κ3) is 4.97. The van der Waals surface area contributed by atoms with Crippen molar-refractivity contribution in [3.05, 3.63) is 59.2 Å². The summed E-state index contributed by atoms with van der Waals surface area (Å²) >= 11 is 0. The van der Waals surface area contributed by atoms with Gasteiger partial charge in [-0.05, 0) is 37.1 Å². The van der Waals surface area contributed by atoms with Crippen LogP contribution in [-0.4, -0.2) is 26.0 Å². The summed E-state index contributed by atoms with van der Waals surface area (Å²) in [5, 5.41) is 0. The van der Waals surface area contributed by atoms with Crippen LogP contribution in [0.4, 0.5) is 0 Å². The lowest BCUT2D eigenvalue weighted by atomic mass is 10.1. The van der Waals surface area contributed by atoms with Gasteiger partial charge in [0.2, 0.25) is 5.91 Å². The van der Waals surface area contributed by atoms with Gasteiger partial charge in [-0.1, -0.05) is 29.8 Å². The Morgan fingerprint density at radius 1 is 0.960 bits per heavy atom. The quantitative estimate of drug-likeness (QED) is 0.791. The molecule has 2 rings (SSSR count). The molecule has 0 saturated heterocycles. The number of ether oxygens (including phenoxy) is 2. The van der Waals surface area contributed by atoms with Crippen molar-refractivity contribution in [2.75, 3.05) is 14.2 Å². The van der Waals surface area contributed by atoms with Gasteiger partial charge in [-0.15, -0.1) is 0 Å². The maximum Gasteiger partial charge on any atom is 0.269 e. The van der Waals surface area contributed by atoms with Crippen molar-refractivity contribution in [3.63, 3.8) is 0 Å². The average molecular weight is 342 g/mol. The molecule has 0 radical (unpaired) electrons. The zero-order valence-electron chi connectivity index (χ0n) is 14.6. The topological polar surface area (TPSA) is 76.7 Å². The number of benzene rings is 2. The average Bonchev–Trinajstić information content (AvgIpc) is 2.64. The Kier molecular flexibility index (Phi) is 6.39. The smallest absolute Gasteiger partial charge is 0.269 e. The van der Waals surface area contributed by atoms with Crippen LogP contribution in [0.1, 0.15) is 27.9 Å². The third-order valence-electron chi connectivity index (χ3n) is 3.74. The lowest BCUT2D eigenvalue weighted by Gasteiger charge is -2.12. The van der Waals surface area contributed by atoms with Gasteiger partial charge in [0, 0.05) is 12.0 Å². The highest BCUT2D eigenvalue weighted by Crippen LogP contribution is 2.31. The van der Waals surface area contributed by atoms with E-state index in [4.69, 9.17) is 9.47 Å². The Bertz CT molecular complexity index is 742. The van der Waals surface area contributed by atoms with E-state index in [1.165, 1.54) is 0 Å². The normalized spacial score (nSPS) is 10.0. The van der Waals surface area contributed by atoms with Gasteiger partial charge in [-0.3, -0.25) is 20.4 Å². The number of carbonyl (C=O) groups excluding carboxylic acids is 2. The molecule has 0 heterocycles. The minimum absolute atomic E-state index is 0.206. The predicted octanol–water partition coefficient (Wildman–Crippen LogP) is 2.41. The lowest BCUT2D eigenvalue weighted by Crippen LogP contribution is -2.41. The van der Waals surface area contributed by atoms with Gasteiger partial charge in [0.15, 0.2) is 11.5 Å². The molecule has 2 aromatic rings. The molecule has 25 heavy (non-hydrogen) atoms. The van der Waals surface area contributed by atoms with E-state index in [1.807, 2.05) is 31.2 Å². The van der Waals surface area contributed by atoms with Gasteiger partial charge < -0.3 is 9.47 Å². The number of rotatable bonds is 6. The van der Waals surface area contributed by atoms with Crippen LogP contribution >= 0.6 is 0 Å². The van der Waals surface area contributed by atoms with Crippen LogP contribution in [0.25, 0.3) is 0 Å². The highest BCUT2D eigenvalue weighted by molar-refractivity contribution is 5.95. The minimum atomic E-state index is -0.354. The number of nitrogens with one attached hydrogen (secondary N) is 2. The van der Waals surface area contributed by atoms with E-state index in [1.54, 1.807) is 32.4 Å². The Morgan fingerprint density at radius 3 is 2.32 bits per heavy atom. The summed E-state index contributed by atoms with van der Waals surface area (Å²) in [6.45, 7) is 1.94. The monoisotopic (exact) mass is 342 g/mol. The maximum absolute atomic E-state index is 12.0. The maximum atomic E-state index is 12.0. The van der Waals surface area contributed by atoms with Crippen LogP contribution in [0, 0.1) is 6.92 Å². The molecular weight excluding hydrogens is 320 g/mol. The van der Waals surface area contributed by atoms with Gasteiger partial charge in [-0.25, -0.2) is 0 Å². The van der Waals surface area contributed by atoms with Crippen LogP contribution in [0.15, 0.2) is 42.5 Å². The number of amides is 2. The third-order valence-corrected chi connectivity index (χ3v) is 3.74. The minimum Gasteiger partial charge on any atom is -0.493 e. The van der Waals surface area contributed by atoms with Gasteiger partial charge in [-0.2, -0.15) is 0 Å². The van der Waals surface area contributed by atoms with Gasteiger partial charge >= 0.3 is 0 Å². The molecule has 6 nitrogen and oxygen atoms in total. The molecule has 0 bridgehead atoms. The molecule has 2 amide bonds. The van der Waals surface area contributed by atoms with Crippen LogP contribution in [0.2, 0.25) is 0 Å². The number of aryl methyl sites for hydroxylation is 2. The largest absolute Gasteiger partial charge is 0.493 e. The van der Waals surface area contributed by atoms with Crippen LogP contribution < -0.4 is 20.3 Å². The molecule has 0 unspecified atom stereocenters. The molecule has 0 aliphatic carbocycles. The highest BCUT2D eigenvalue weighted by Gasteiger charge is 2.12. The number of hydrazine groups is 1. The van der Waals surface area contributed by atoms with E-state index < -0.39 is 0 Å². The number of hydrogen-bond donors (Lipinski definition) is 2. The number of carbonyl (C=O) groups is 2. The summed E-state index contributed by atoms with van der Waals surface area (Å²) in [4.78, 5) is 23.9. The van der Waals surface area contributed by atoms with Crippen molar-refractivity contribution in [1.29, 1.82) is 0 Å². The lowest BCUT2D eigenvalue weighted by molar-refractivity contribution is -0.121. The Hall–Kier alpha value is -3.02. The summed E-state index contributed by atoms with van der Waals surface area (Å²) in [6, 6.07) is 12.6. The second-order valence-electron chi connectivity index (χ2n) is 5.52. The Labute approximate surface area is 147 Å². The molecule has 2 N–H and O–H groups in total. The van der Waals surface area contributed by atoms with Gasteiger partial charge in [0.05, 0.1) is 14.2 Å². The summed E-state index contributed by atoms with van der Waals surface area (Å²) in [7, 11) is 3.12. The first-order valence-corrected chi connectivity index (χ1v) is 7.91. The Balaban J connectivity index is 1.87. The van der Waals surface area contributed by atoms with Crippen molar-refractivity contribution in [1.82, 2.24) is 10.9 Å². The van der Waals surface area contributed by atoms with Crippen LogP contribution in [0.5, 0.6) is 11.5 Å². The van der Waals surface area contributed by atoms with E-state index in [0.717, 1.165) is 11.1 Å². The Morgan fingerprint density at radius 2 is 1.68 bits per heavy atom. The predicted molar refractivity (Wildman–Crippen MR) is 94.7 cm³/mol. The molecule has 0 aliphatic heterocycles. The fraction of sp³-hybridized carbons (Fsp3) is 0.263. The van der Waals surface area contributed by atoms with E-state index in [-0.39, 0.29) is 18.2 Å². The number of para-hydroxylation sites is 1. The molecule has 0 spiro atoms. The van der Waals surface area contributed by atoms with E-state index in [0.29, 0.717) is 23.5 Å². The summed E-state index contributed by atoms with van der Waals surface area (Å²) in [5.74, 6) is 0.590. The first kappa shape index (κ1) is 18.3. The van der Waals surface area contributed by atoms with Crippen LogP contribution in [0.3, 0.4) is 0 Å². The second-order valence-corrected chi connectivity index (χ2v) is 5.52. The molecule has 132 valence electrons. The molecule has 6 heteroatoms. The second kappa shape index (κ2) is 8.73. The molecule has 0 aromatic heterocycles.